The maximum absolute atomic E-state index is 12.7. The number of nitrogens with zero attached hydrogens (tertiary/aromatic N) is 4. The van der Waals surface area contributed by atoms with Gasteiger partial charge >= 0.3 is 0 Å². The van der Waals surface area contributed by atoms with Gasteiger partial charge in [-0.25, -0.2) is 4.99 Å². The van der Waals surface area contributed by atoms with Gasteiger partial charge < -0.3 is 9.32 Å². The number of benzene rings is 1. The van der Waals surface area contributed by atoms with Gasteiger partial charge in [0.1, 0.15) is 19.1 Å². The van der Waals surface area contributed by atoms with Crippen LogP contribution in [-0.2, 0) is 6.67 Å². The summed E-state index contributed by atoms with van der Waals surface area (Å²) in [6, 6.07) is 9.85. The van der Waals surface area contributed by atoms with Gasteiger partial charge in [-0.05, 0) is 46.9 Å². The van der Waals surface area contributed by atoms with Gasteiger partial charge in [0, 0.05) is 23.9 Å². The van der Waals surface area contributed by atoms with Crippen molar-refractivity contribution in [2.24, 2.45) is 4.99 Å². The number of halogens is 1. The molecule has 26 heavy (non-hydrogen) atoms. The smallest absolute Gasteiger partial charge is 0.271 e. The number of aromatic nitrogens is 1. The fraction of sp³-hybridized carbons (Fsp3) is 0.125. The number of thiazole rings is 1. The Morgan fingerprint density at radius 3 is 2.69 bits per heavy atom. The van der Waals surface area contributed by atoms with Gasteiger partial charge in [-0.3, -0.25) is 19.5 Å². The lowest BCUT2D eigenvalue weighted by Gasteiger charge is -2.25. The second-order valence-electron chi connectivity index (χ2n) is 5.52. The Kier molecular flexibility index (Phi) is 4.36. The Labute approximate surface area is 164 Å². The summed E-state index contributed by atoms with van der Waals surface area (Å²) in [6.07, 6.45) is 1.71. The second-order valence-corrected chi connectivity index (χ2v) is 7.59. The van der Waals surface area contributed by atoms with Crippen LogP contribution in [0.5, 0.6) is 0 Å². The molecule has 0 N–H and O–H groups in total. The van der Waals surface area contributed by atoms with E-state index in [1.807, 2.05) is 17.0 Å². The molecule has 0 aliphatic carbocycles. The first kappa shape index (κ1) is 17.0. The van der Waals surface area contributed by atoms with Crippen LogP contribution < -0.4 is 19.8 Å². The minimum absolute atomic E-state index is 0.0288. The molecule has 0 atom stereocenters. The van der Waals surface area contributed by atoms with Gasteiger partial charge in [0.15, 0.2) is 8.57 Å². The number of hydrogen-bond donors (Lipinski definition) is 0. The van der Waals surface area contributed by atoms with Gasteiger partial charge in [-0.1, -0.05) is 11.3 Å². The molecule has 0 unspecified atom stereocenters. The lowest BCUT2D eigenvalue weighted by atomic mass is 10.2. The molecule has 0 fully saturated rings. The molecule has 3 heterocycles. The number of non-ortho nitro benzene ring substituents is 1. The minimum atomic E-state index is -0.441. The summed E-state index contributed by atoms with van der Waals surface area (Å²) in [4.78, 5) is 30.0. The van der Waals surface area contributed by atoms with Crippen molar-refractivity contribution in [3.8, 4) is 0 Å². The van der Waals surface area contributed by atoms with E-state index in [0.717, 1.165) is 9.45 Å². The number of furan rings is 1. The van der Waals surface area contributed by atoms with Crippen molar-refractivity contribution in [1.82, 2.24) is 4.57 Å². The van der Waals surface area contributed by atoms with Crippen molar-refractivity contribution in [3.63, 3.8) is 0 Å². The molecule has 132 valence electrons. The lowest BCUT2D eigenvalue weighted by molar-refractivity contribution is -0.384. The normalized spacial score (nSPS) is 14.2. The second kappa shape index (κ2) is 6.68. The quantitative estimate of drug-likeness (QED) is 0.323. The van der Waals surface area contributed by atoms with Crippen LogP contribution in [0, 0.1) is 13.9 Å². The lowest BCUT2D eigenvalue weighted by Crippen LogP contribution is -2.42. The molecule has 1 aliphatic rings. The van der Waals surface area contributed by atoms with Crippen LogP contribution in [0.15, 0.2) is 50.6 Å². The van der Waals surface area contributed by atoms with E-state index in [9.17, 15) is 14.9 Å². The SMILES string of the molecule is O=c1/c(=C/c2ccc(I)o2)sc2n1CN(c1ccc([N+](=O)[O-])cc1)CN=2. The number of nitro benzene ring substituents is 1. The fourth-order valence-electron chi connectivity index (χ4n) is 2.60. The van der Waals surface area contributed by atoms with Crippen molar-refractivity contribution in [2.75, 3.05) is 11.6 Å². The number of rotatable bonds is 3. The summed E-state index contributed by atoms with van der Waals surface area (Å²) in [6.45, 7) is 0.728. The molecule has 0 radical (unpaired) electrons. The molecule has 1 aliphatic heterocycles. The van der Waals surface area contributed by atoms with Crippen molar-refractivity contribution >= 4 is 51.4 Å². The Morgan fingerprint density at radius 1 is 1.27 bits per heavy atom. The average molecular weight is 482 g/mol. The summed E-state index contributed by atoms with van der Waals surface area (Å²) >= 11 is 3.39. The first-order valence-corrected chi connectivity index (χ1v) is 9.41. The van der Waals surface area contributed by atoms with E-state index in [-0.39, 0.29) is 11.2 Å². The monoisotopic (exact) mass is 482 g/mol. The van der Waals surface area contributed by atoms with Crippen LogP contribution in [0.4, 0.5) is 11.4 Å². The molecule has 0 amide bonds. The molecule has 2 aromatic heterocycles. The van der Waals surface area contributed by atoms with Gasteiger partial charge in [-0.2, -0.15) is 0 Å². The molecule has 1 aromatic carbocycles. The summed E-state index contributed by atoms with van der Waals surface area (Å²) in [5, 5.41) is 10.8. The molecule has 0 saturated heterocycles. The van der Waals surface area contributed by atoms with Crippen LogP contribution in [0.2, 0.25) is 0 Å². The zero-order valence-corrected chi connectivity index (χ0v) is 16.1. The number of fused-ring (bicyclic) bond motifs is 1. The highest BCUT2D eigenvalue weighted by atomic mass is 127. The van der Waals surface area contributed by atoms with E-state index >= 15 is 0 Å². The van der Waals surface area contributed by atoms with E-state index in [2.05, 4.69) is 27.6 Å². The number of nitro groups is 1. The maximum atomic E-state index is 12.7. The topological polar surface area (TPSA) is 93.9 Å². The zero-order valence-electron chi connectivity index (χ0n) is 13.2. The van der Waals surface area contributed by atoms with Gasteiger partial charge in [-0.15, -0.1) is 0 Å². The van der Waals surface area contributed by atoms with E-state index in [4.69, 9.17) is 4.42 Å². The van der Waals surface area contributed by atoms with Gasteiger partial charge in [0.25, 0.3) is 11.2 Å². The Balaban J connectivity index is 1.66. The third kappa shape index (κ3) is 3.17. The van der Waals surface area contributed by atoms with Crippen molar-refractivity contribution in [3.05, 3.63) is 75.7 Å². The zero-order chi connectivity index (χ0) is 18.3. The molecule has 3 aromatic rings. The summed E-state index contributed by atoms with van der Waals surface area (Å²) < 4.78 is 8.39. The third-order valence-corrected chi connectivity index (χ3v) is 5.49. The number of anilines is 1. The van der Waals surface area contributed by atoms with Crippen LogP contribution in [-0.4, -0.2) is 16.2 Å². The molecular formula is C16H11IN4O4S. The highest BCUT2D eigenvalue weighted by molar-refractivity contribution is 14.1. The summed E-state index contributed by atoms with van der Waals surface area (Å²) in [5.74, 6) is 0.623. The predicted molar refractivity (Wildman–Crippen MR) is 105 cm³/mol. The molecule has 4 rings (SSSR count). The average Bonchev–Trinajstić information content (AvgIpc) is 3.18. The summed E-state index contributed by atoms with van der Waals surface area (Å²) in [5.41, 5.74) is 0.669. The third-order valence-electron chi connectivity index (χ3n) is 3.87. The van der Waals surface area contributed by atoms with E-state index in [1.54, 1.807) is 22.8 Å². The Bertz CT molecular complexity index is 1160. The van der Waals surface area contributed by atoms with E-state index in [1.165, 1.54) is 23.5 Å². The van der Waals surface area contributed by atoms with Gasteiger partial charge in [0.05, 0.1) is 9.46 Å². The van der Waals surface area contributed by atoms with Crippen LogP contribution >= 0.6 is 33.9 Å². The van der Waals surface area contributed by atoms with Crippen LogP contribution in [0.25, 0.3) is 6.08 Å². The predicted octanol–water partition coefficient (Wildman–Crippen LogP) is 1.90. The minimum Gasteiger partial charge on any atom is -0.451 e. The molecule has 10 heteroatoms. The number of hydrogen-bond acceptors (Lipinski definition) is 7. The van der Waals surface area contributed by atoms with Crippen molar-refractivity contribution in [1.29, 1.82) is 0 Å². The molecular weight excluding hydrogens is 471 g/mol. The first-order chi connectivity index (χ1) is 12.5. The van der Waals surface area contributed by atoms with E-state index < -0.39 is 4.92 Å². The highest BCUT2D eigenvalue weighted by Crippen LogP contribution is 2.20. The van der Waals surface area contributed by atoms with E-state index in [0.29, 0.717) is 28.4 Å². The first-order valence-electron chi connectivity index (χ1n) is 7.52. The largest absolute Gasteiger partial charge is 0.451 e. The summed E-state index contributed by atoms with van der Waals surface area (Å²) in [7, 11) is 0. The Morgan fingerprint density at radius 2 is 2.04 bits per heavy atom. The maximum Gasteiger partial charge on any atom is 0.271 e. The van der Waals surface area contributed by atoms with Gasteiger partial charge in [0.2, 0.25) is 0 Å². The standard InChI is InChI=1S/C16H11IN4O4S/c17-14-6-5-12(25-14)7-13-15(22)20-9-19(8-18-16(20)26-13)10-1-3-11(4-2-10)21(23)24/h1-7H,8-9H2/b13-7-. The Hall–Kier alpha value is -2.47. The molecule has 8 nitrogen and oxygen atoms in total. The van der Waals surface area contributed by atoms with Crippen molar-refractivity contribution < 1.29 is 9.34 Å². The highest BCUT2D eigenvalue weighted by Gasteiger charge is 2.17. The fourth-order valence-corrected chi connectivity index (χ4v) is 3.97. The van der Waals surface area contributed by atoms with Crippen LogP contribution in [0.3, 0.4) is 0 Å². The molecule has 0 saturated carbocycles. The van der Waals surface area contributed by atoms with Crippen LogP contribution in [0.1, 0.15) is 5.76 Å². The molecule has 0 bridgehead atoms. The molecule has 0 spiro atoms. The van der Waals surface area contributed by atoms with Crippen molar-refractivity contribution in [2.45, 2.75) is 6.67 Å².